The zero-order chi connectivity index (χ0) is 13.1. The van der Waals surface area contributed by atoms with Gasteiger partial charge in [-0.25, -0.2) is 9.78 Å². The summed E-state index contributed by atoms with van der Waals surface area (Å²) < 4.78 is 6.05. The lowest BCUT2D eigenvalue weighted by molar-refractivity contribution is -0.143. The fourth-order valence-corrected chi connectivity index (χ4v) is 2.54. The van der Waals surface area contributed by atoms with E-state index in [2.05, 4.69) is 16.4 Å². The van der Waals surface area contributed by atoms with Gasteiger partial charge in [0, 0.05) is 0 Å². The second kappa shape index (κ2) is 5.35. The molecule has 0 aliphatic rings. The number of nitrogens with zero attached hydrogens (tertiary/aromatic N) is 1. The monoisotopic (exact) mass is 264 g/mol. The molecule has 0 fully saturated rings. The van der Waals surface area contributed by atoms with Crippen molar-refractivity contribution in [3.8, 4) is 0 Å². The Morgan fingerprint density at radius 2 is 2.33 bits per heavy atom. The predicted octanol–water partition coefficient (Wildman–Crippen LogP) is 2.97. The first-order valence-corrected chi connectivity index (χ1v) is 6.72. The second-order valence-corrected chi connectivity index (χ2v) is 5.14. The fraction of sp³-hybridized carbons (Fsp3) is 0.385. The van der Waals surface area contributed by atoms with E-state index in [1.807, 2.05) is 19.1 Å². The summed E-state index contributed by atoms with van der Waals surface area (Å²) in [5.41, 5.74) is 2.14. The number of hydrogen-bond acceptors (Lipinski definition) is 5. The Morgan fingerprint density at radius 1 is 1.56 bits per heavy atom. The average Bonchev–Trinajstić information content (AvgIpc) is 2.70. The van der Waals surface area contributed by atoms with E-state index < -0.39 is 0 Å². The standard InChI is InChI=1S/C13H16N2O2S/c1-4-17-12(16)9(3)14-13-15-10-7-8(2)5-6-11(10)18-13/h5-7,9H,4H2,1-3H3,(H,14,15). The van der Waals surface area contributed by atoms with Gasteiger partial charge in [0.15, 0.2) is 5.13 Å². The van der Waals surface area contributed by atoms with Crippen LogP contribution in [0.1, 0.15) is 19.4 Å². The predicted molar refractivity (Wildman–Crippen MR) is 74.1 cm³/mol. The Balaban J connectivity index is 2.14. The molecule has 0 saturated heterocycles. The number of carbonyl (C=O) groups is 1. The number of nitrogens with one attached hydrogen (secondary N) is 1. The van der Waals surface area contributed by atoms with Gasteiger partial charge in [-0.2, -0.15) is 0 Å². The number of thiazole rings is 1. The van der Waals surface area contributed by atoms with Crippen LogP contribution in [0, 0.1) is 6.92 Å². The number of esters is 1. The van der Waals surface area contributed by atoms with Gasteiger partial charge in [0.05, 0.1) is 16.8 Å². The lowest BCUT2D eigenvalue weighted by Gasteiger charge is -2.10. The van der Waals surface area contributed by atoms with E-state index in [4.69, 9.17) is 4.74 Å². The van der Waals surface area contributed by atoms with Crippen LogP contribution in [0.4, 0.5) is 5.13 Å². The summed E-state index contributed by atoms with van der Waals surface area (Å²) in [6.45, 7) is 6.00. The van der Waals surface area contributed by atoms with E-state index in [9.17, 15) is 4.79 Å². The Kier molecular flexibility index (Phi) is 3.81. The molecule has 5 heteroatoms. The topological polar surface area (TPSA) is 51.2 Å². The van der Waals surface area contributed by atoms with Crippen molar-refractivity contribution in [1.82, 2.24) is 4.98 Å². The summed E-state index contributed by atoms with van der Waals surface area (Å²) in [5.74, 6) is -0.257. The molecule has 18 heavy (non-hydrogen) atoms. The van der Waals surface area contributed by atoms with E-state index in [0.29, 0.717) is 6.61 Å². The van der Waals surface area contributed by atoms with Crippen LogP contribution in [0.15, 0.2) is 18.2 Å². The molecule has 1 aromatic heterocycles. The minimum atomic E-state index is -0.383. The maximum absolute atomic E-state index is 11.5. The molecule has 0 aliphatic carbocycles. The highest BCUT2D eigenvalue weighted by Crippen LogP contribution is 2.26. The van der Waals surface area contributed by atoms with Crippen LogP contribution in [0.3, 0.4) is 0 Å². The number of benzene rings is 1. The molecule has 0 aliphatic heterocycles. The molecule has 0 radical (unpaired) electrons. The summed E-state index contributed by atoms with van der Waals surface area (Å²) in [6, 6.07) is 5.75. The molecule has 2 aromatic rings. The van der Waals surface area contributed by atoms with Gasteiger partial charge in [-0.1, -0.05) is 17.4 Å². The van der Waals surface area contributed by atoms with Gasteiger partial charge in [0.2, 0.25) is 0 Å². The normalized spacial score (nSPS) is 12.4. The summed E-state index contributed by atoms with van der Waals surface area (Å²) in [5, 5.41) is 3.81. The molecule has 1 aromatic carbocycles. The molecule has 2 rings (SSSR count). The molecule has 1 unspecified atom stereocenters. The lowest BCUT2D eigenvalue weighted by Crippen LogP contribution is -2.28. The van der Waals surface area contributed by atoms with Crippen molar-refractivity contribution in [1.29, 1.82) is 0 Å². The van der Waals surface area contributed by atoms with Crippen molar-refractivity contribution in [2.75, 3.05) is 11.9 Å². The highest BCUT2D eigenvalue weighted by molar-refractivity contribution is 7.22. The highest BCUT2D eigenvalue weighted by atomic mass is 32.1. The number of anilines is 1. The molecule has 1 heterocycles. The number of aromatic nitrogens is 1. The molecule has 4 nitrogen and oxygen atoms in total. The SMILES string of the molecule is CCOC(=O)C(C)Nc1nc2cc(C)ccc2s1. The highest BCUT2D eigenvalue weighted by Gasteiger charge is 2.15. The van der Waals surface area contributed by atoms with E-state index in [-0.39, 0.29) is 12.0 Å². The summed E-state index contributed by atoms with van der Waals surface area (Å²) in [4.78, 5) is 16.0. The van der Waals surface area contributed by atoms with Gasteiger partial charge in [0.1, 0.15) is 6.04 Å². The number of carbonyl (C=O) groups excluding carboxylic acids is 1. The van der Waals surface area contributed by atoms with Crippen LogP contribution >= 0.6 is 11.3 Å². The zero-order valence-corrected chi connectivity index (χ0v) is 11.5. The van der Waals surface area contributed by atoms with Gasteiger partial charge in [-0.3, -0.25) is 0 Å². The first-order valence-electron chi connectivity index (χ1n) is 5.90. The summed E-state index contributed by atoms with van der Waals surface area (Å²) >= 11 is 1.54. The molecule has 0 amide bonds. The first kappa shape index (κ1) is 12.8. The maximum Gasteiger partial charge on any atom is 0.328 e. The minimum absolute atomic E-state index is 0.257. The van der Waals surface area contributed by atoms with Crippen LogP contribution in [0.2, 0.25) is 0 Å². The number of fused-ring (bicyclic) bond motifs is 1. The Bertz CT molecular complexity index is 565. The number of aryl methyl sites for hydroxylation is 1. The van der Waals surface area contributed by atoms with Gasteiger partial charge in [0.25, 0.3) is 0 Å². The smallest absolute Gasteiger partial charge is 0.328 e. The van der Waals surface area contributed by atoms with E-state index in [1.165, 1.54) is 16.9 Å². The van der Waals surface area contributed by atoms with Gasteiger partial charge in [-0.05, 0) is 38.5 Å². The van der Waals surface area contributed by atoms with Crippen LogP contribution in [0.5, 0.6) is 0 Å². The molecule has 96 valence electrons. The summed E-state index contributed by atoms with van der Waals surface area (Å²) in [7, 11) is 0. The minimum Gasteiger partial charge on any atom is -0.464 e. The first-order chi connectivity index (χ1) is 8.60. The van der Waals surface area contributed by atoms with Gasteiger partial charge in [-0.15, -0.1) is 0 Å². The van der Waals surface area contributed by atoms with Crippen LogP contribution < -0.4 is 5.32 Å². The summed E-state index contributed by atoms with van der Waals surface area (Å²) in [6.07, 6.45) is 0. The van der Waals surface area contributed by atoms with Crippen molar-refractivity contribution in [3.63, 3.8) is 0 Å². The third-order valence-electron chi connectivity index (χ3n) is 2.52. The lowest BCUT2D eigenvalue weighted by atomic mass is 10.2. The van der Waals surface area contributed by atoms with Crippen LogP contribution in [-0.2, 0) is 9.53 Å². The van der Waals surface area contributed by atoms with Gasteiger partial charge < -0.3 is 10.1 Å². The molecule has 1 atom stereocenters. The molecule has 0 bridgehead atoms. The average molecular weight is 264 g/mol. The zero-order valence-electron chi connectivity index (χ0n) is 10.7. The number of rotatable bonds is 4. The van der Waals surface area contributed by atoms with E-state index in [0.717, 1.165) is 15.3 Å². The van der Waals surface area contributed by atoms with Crippen molar-refractivity contribution in [3.05, 3.63) is 23.8 Å². The Labute approximate surface area is 110 Å². The van der Waals surface area contributed by atoms with Crippen molar-refractivity contribution >= 4 is 32.7 Å². The second-order valence-electron chi connectivity index (χ2n) is 4.11. The van der Waals surface area contributed by atoms with Crippen molar-refractivity contribution < 1.29 is 9.53 Å². The molecular formula is C13H16N2O2S. The molecular weight excluding hydrogens is 248 g/mol. The van der Waals surface area contributed by atoms with Crippen molar-refractivity contribution in [2.24, 2.45) is 0 Å². The van der Waals surface area contributed by atoms with E-state index >= 15 is 0 Å². The van der Waals surface area contributed by atoms with Crippen molar-refractivity contribution in [2.45, 2.75) is 26.8 Å². The Morgan fingerprint density at radius 3 is 3.06 bits per heavy atom. The molecule has 1 N–H and O–H groups in total. The van der Waals surface area contributed by atoms with Crippen LogP contribution in [0.25, 0.3) is 10.2 Å². The van der Waals surface area contributed by atoms with E-state index in [1.54, 1.807) is 13.8 Å². The Hall–Kier alpha value is -1.62. The maximum atomic E-state index is 11.5. The van der Waals surface area contributed by atoms with Crippen LogP contribution in [-0.4, -0.2) is 23.6 Å². The fourth-order valence-electron chi connectivity index (χ4n) is 1.61. The molecule has 0 saturated carbocycles. The third kappa shape index (κ3) is 2.79. The third-order valence-corrected chi connectivity index (χ3v) is 3.49. The molecule has 0 spiro atoms. The number of ether oxygens (including phenoxy) is 1. The van der Waals surface area contributed by atoms with Gasteiger partial charge >= 0.3 is 5.97 Å². The number of hydrogen-bond donors (Lipinski definition) is 1. The quantitative estimate of drug-likeness (QED) is 0.863. The largest absolute Gasteiger partial charge is 0.464 e.